The van der Waals surface area contributed by atoms with Gasteiger partial charge in [-0.2, -0.15) is 4.98 Å². The van der Waals surface area contributed by atoms with E-state index in [1.807, 2.05) is 19.1 Å². The second-order valence-electron chi connectivity index (χ2n) is 5.90. The molecule has 0 N–H and O–H groups in total. The first kappa shape index (κ1) is 14.3. The Balaban J connectivity index is 1.86. The van der Waals surface area contributed by atoms with Crippen LogP contribution in [0.1, 0.15) is 55.5 Å². The number of halogens is 1. The molecule has 1 fully saturated rings. The fraction of sp³-hybridized carbons (Fsp3) is 0.412. The predicted octanol–water partition coefficient (Wildman–Crippen LogP) is 5.23. The van der Waals surface area contributed by atoms with Crippen LogP contribution in [-0.2, 0) is 0 Å². The van der Waals surface area contributed by atoms with Crippen molar-refractivity contribution in [3.63, 3.8) is 0 Å². The van der Waals surface area contributed by atoms with Crippen LogP contribution in [0.15, 0.2) is 24.3 Å². The van der Waals surface area contributed by atoms with Gasteiger partial charge in [-0.25, -0.2) is 4.98 Å². The highest BCUT2D eigenvalue weighted by Gasteiger charge is 2.28. The lowest BCUT2D eigenvalue weighted by atomic mass is 10.0. The van der Waals surface area contributed by atoms with Crippen LogP contribution < -0.4 is 4.74 Å². The van der Waals surface area contributed by atoms with Gasteiger partial charge in [0.15, 0.2) is 0 Å². The molecular formula is C17H19ClN2O. The third-order valence-corrected chi connectivity index (χ3v) is 4.13. The molecule has 1 saturated carbocycles. The Morgan fingerprint density at radius 3 is 2.38 bits per heavy atom. The third kappa shape index (κ3) is 3.18. The van der Waals surface area contributed by atoms with E-state index in [2.05, 4.69) is 35.9 Å². The van der Waals surface area contributed by atoms with Crippen LogP contribution in [0, 0.1) is 6.92 Å². The minimum atomic E-state index is 0.453. The third-order valence-electron chi connectivity index (χ3n) is 3.76. The summed E-state index contributed by atoms with van der Waals surface area (Å²) >= 11 is 6.19. The molecule has 0 atom stereocenters. The minimum absolute atomic E-state index is 0.453. The van der Waals surface area contributed by atoms with E-state index < -0.39 is 0 Å². The van der Waals surface area contributed by atoms with Gasteiger partial charge in [0, 0.05) is 11.5 Å². The topological polar surface area (TPSA) is 35.0 Å². The van der Waals surface area contributed by atoms with E-state index in [0.29, 0.717) is 22.9 Å². The van der Waals surface area contributed by atoms with Crippen molar-refractivity contribution in [2.24, 2.45) is 0 Å². The molecule has 0 spiro atoms. The van der Waals surface area contributed by atoms with Gasteiger partial charge in [-0.15, -0.1) is 0 Å². The van der Waals surface area contributed by atoms with Crippen LogP contribution in [0.5, 0.6) is 11.6 Å². The van der Waals surface area contributed by atoms with Crippen LogP contribution in [0.3, 0.4) is 0 Å². The average Bonchev–Trinajstić information content (AvgIpc) is 3.29. The van der Waals surface area contributed by atoms with Crippen LogP contribution in [0.2, 0.25) is 5.15 Å². The van der Waals surface area contributed by atoms with Crippen molar-refractivity contribution in [3.8, 4) is 11.6 Å². The molecular weight excluding hydrogens is 284 g/mol. The van der Waals surface area contributed by atoms with Gasteiger partial charge in [0.2, 0.25) is 5.88 Å². The Bertz CT molecular complexity index is 649. The van der Waals surface area contributed by atoms with Gasteiger partial charge in [0.05, 0.1) is 0 Å². The monoisotopic (exact) mass is 302 g/mol. The van der Waals surface area contributed by atoms with E-state index in [-0.39, 0.29) is 0 Å². The highest BCUT2D eigenvalue weighted by atomic mass is 35.5. The number of nitrogens with zero attached hydrogens (tertiary/aromatic N) is 2. The normalized spacial score (nSPS) is 14.5. The summed E-state index contributed by atoms with van der Waals surface area (Å²) in [6.07, 6.45) is 2.28. The number of benzene rings is 1. The fourth-order valence-corrected chi connectivity index (χ4v) is 2.31. The van der Waals surface area contributed by atoms with Gasteiger partial charge in [-0.3, -0.25) is 0 Å². The maximum absolute atomic E-state index is 6.19. The van der Waals surface area contributed by atoms with Crippen molar-refractivity contribution in [1.82, 2.24) is 9.97 Å². The minimum Gasteiger partial charge on any atom is -0.439 e. The number of aromatic nitrogens is 2. The zero-order valence-corrected chi connectivity index (χ0v) is 13.3. The summed E-state index contributed by atoms with van der Waals surface area (Å²) < 4.78 is 5.91. The Kier molecular flexibility index (Phi) is 3.85. The quantitative estimate of drug-likeness (QED) is 0.725. The average molecular weight is 303 g/mol. The van der Waals surface area contributed by atoms with Crippen molar-refractivity contribution in [1.29, 1.82) is 0 Å². The standard InChI is InChI=1S/C17H19ClN2O/c1-10(2)12-6-8-14(9-7-12)21-17-11(3)15(18)19-16(20-17)13-4-5-13/h6-10,13H,4-5H2,1-3H3. The summed E-state index contributed by atoms with van der Waals surface area (Å²) in [6.45, 7) is 6.23. The first-order chi connectivity index (χ1) is 10.0. The van der Waals surface area contributed by atoms with Crippen molar-refractivity contribution in [3.05, 3.63) is 46.4 Å². The molecule has 1 aliphatic carbocycles. The van der Waals surface area contributed by atoms with Gasteiger partial charge in [-0.1, -0.05) is 37.6 Å². The highest BCUT2D eigenvalue weighted by molar-refractivity contribution is 6.30. The molecule has 0 radical (unpaired) electrons. The van der Waals surface area contributed by atoms with Gasteiger partial charge < -0.3 is 4.74 Å². The van der Waals surface area contributed by atoms with Crippen molar-refractivity contribution in [2.45, 2.75) is 45.4 Å². The summed E-state index contributed by atoms with van der Waals surface area (Å²) in [5, 5.41) is 0.487. The SMILES string of the molecule is Cc1c(Cl)nc(C2CC2)nc1Oc1ccc(C(C)C)cc1. The number of hydrogen-bond donors (Lipinski definition) is 0. The Morgan fingerprint density at radius 1 is 1.14 bits per heavy atom. The van der Waals surface area contributed by atoms with Crippen LogP contribution in [-0.4, -0.2) is 9.97 Å². The second-order valence-corrected chi connectivity index (χ2v) is 6.26. The molecule has 110 valence electrons. The fourth-order valence-electron chi connectivity index (χ4n) is 2.14. The number of rotatable bonds is 4. The summed E-state index contributed by atoms with van der Waals surface area (Å²) in [4.78, 5) is 8.88. The van der Waals surface area contributed by atoms with Crippen molar-refractivity contribution >= 4 is 11.6 Å². The Labute approximate surface area is 130 Å². The molecule has 0 bridgehead atoms. The molecule has 1 aromatic heterocycles. The molecule has 0 aliphatic heterocycles. The molecule has 0 unspecified atom stereocenters. The number of ether oxygens (including phenoxy) is 1. The smallest absolute Gasteiger partial charge is 0.226 e. The van der Waals surface area contributed by atoms with Crippen LogP contribution in [0.4, 0.5) is 0 Å². The van der Waals surface area contributed by atoms with E-state index in [9.17, 15) is 0 Å². The summed E-state index contributed by atoms with van der Waals surface area (Å²) in [5.41, 5.74) is 2.08. The van der Waals surface area contributed by atoms with Crippen molar-refractivity contribution in [2.75, 3.05) is 0 Å². The van der Waals surface area contributed by atoms with E-state index >= 15 is 0 Å². The zero-order chi connectivity index (χ0) is 15.0. The molecule has 1 aromatic carbocycles. The number of hydrogen-bond acceptors (Lipinski definition) is 3. The molecule has 2 aromatic rings. The Hall–Kier alpha value is -1.61. The van der Waals surface area contributed by atoms with Crippen LogP contribution >= 0.6 is 11.6 Å². The predicted molar refractivity (Wildman–Crippen MR) is 84.4 cm³/mol. The molecule has 3 nitrogen and oxygen atoms in total. The largest absolute Gasteiger partial charge is 0.439 e. The van der Waals surface area contributed by atoms with E-state index in [1.54, 1.807) is 0 Å². The lowest BCUT2D eigenvalue weighted by Crippen LogP contribution is -2.00. The van der Waals surface area contributed by atoms with Crippen molar-refractivity contribution < 1.29 is 4.74 Å². The first-order valence-electron chi connectivity index (χ1n) is 7.36. The molecule has 1 aliphatic rings. The van der Waals surface area contributed by atoms with Gasteiger partial charge >= 0.3 is 0 Å². The van der Waals surface area contributed by atoms with Gasteiger partial charge in [0.25, 0.3) is 0 Å². The molecule has 4 heteroatoms. The molecule has 3 rings (SSSR count). The van der Waals surface area contributed by atoms with E-state index in [1.165, 1.54) is 5.56 Å². The summed E-state index contributed by atoms with van der Waals surface area (Å²) in [5.74, 6) is 3.11. The maximum Gasteiger partial charge on any atom is 0.226 e. The first-order valence-corrected chi connectivity index (χ1v) is 7.74. The zero-order valence-electron chi connectivity index (χ0n) is 12.6. The summed E-state index contributed by atoms with van der Waals surface area (Å²) in [7, 11) is 0. The van der Waals surface area contributed by atoms with Gasteiger partial charge in [0.1, 0.15) is 16.7 Å². The molecule has 0 amide bonds. The van der Waals surface area contributed by atoms with Gasteiger partial charge in [-0.05, 0) is 43.4 Å². The Morgan fingerprint density at radius 2 is 1.81 bits per heavy atom. The highest BCUT2D eigenvalue weighted by Crippen LogP contribution is 2.40. The van der Waals surface area contributed by atoms with E-state index in [0.717, 1.165) is 30.0 Å². The summed E-state index contributed by atoms with van der Waals surface area (Å²) in [6, 6.07) is 8.11. The maximum atomic E-state index is 6.19. The van der Waals surface area contributed by atoms with E-state index in [4.69, 9.17) is 16.3 Å². The lowest BCUT2D eigenvalue weighted by Gasteiger charge is -2.11. The second kappa shape index (κ2) is 5.64. The van der Waals surface area contributed by atoms with Crippen LogP contribution in [0.25, 0.3) is 0 Å². The molecule has 1 heterocycles. The molecule has 21 heavy (non-hydrogen) atoms. The lowest BCUT2D eigenvalue weighted by molar-refractivity contribution is 0.454. The molecule has 0 saturated heterocycles.